The van der Waals surface area contributed by atoms with Crippen LogP contribution in [-0.2, 0) is 6.54 Å². The summed E-state index contributed by atoms with van der Waals surface area (Å²) in [5.41, 5.74) is 1.18. The lowest BCUT2D eigenvalue weighted by Gasteiger charge is -2.11. The molecule has 0 spiro atoms. The zero-order valence-corrected chi connectivity index (χ0v) is 8.85. The summed E-state index contributed by atoms with van der Waals surface area (Å²) in [4.78, 5) is 0. The third-order valence-electron chi connectivity index (χ3n) is 2.60. The fraction of sp³-hybridized carbons (Fsp3) is 0.455. The molecular formula is C11H15ClN2. The zero-order valence-electron chi connectivity index (χ0n) is 8.09. The molecule has 0 amide bonds. The van der Waals surface area contributed by atoms with Crippen molar-refractivity contribution in [3.8, 4) is 0 Å². The van der Waals surface area contributed by atoms with Crippen LogP contribution in [0.25, 0.3) is 0 Å². The fourth-order valence-corrected chi connectivity index (χ4v) is 1.93. The second kappa shape index (κ2) is 4.78. The molecule has 1 heterocycles. The molecule has 1 aromatic carbocycles. The maximum absolute atomic E-state index is 6.05. The number of hydrogen-bond acceptors (Lipinski definition) is 2. The minimum absolute atomic E-state index is 0.603. The van der Waals surface area contributed by atoms with Crippen LogP contribution >= 0.6 is 11.6 Å². The van der Waals surface area contributed by atoms with Crippen LogP contribution < -0.4 is 10.6 Å². The Hall–Kier alpha value is -0.570. The van der Waals surface area contributed by atoms with Crippen LogP contribution in [0.3, 0.4) is 0 Å². The molecule has 76 valence electrons. The lowest BCUT2D eigenvalue weighted by molar-refractivity contribution is 0.547. The first-order valence-corrected chi connectivity index (χ1v) is 5.41. The quantitative estimate of drug-likeness (QED) is 0.795. The molecule has 1 saturated heterocycles. The summed E-state index contributed by atoms with van der Waals surface area (Å²) < 4.78 is 0. The van der Waals surface area contributed by atoms with Crippen molar-refractivity contribution in [1.29, 1.82) is 0 Å². The van der Waals surface area contributed by atoms with Gasteiger partial charge in [-0.1, -0.05) is 29.8 Å². The highest BCUT2D eigenvalue weighted by atomic mass is 35.5. The molecule has 1 fully saturated rings. The minimum atomic E-state index is 0.603. The summed E-state index contributed by atoms with van der Waals surface area (Å²) >= 11 is 6.05. The highest BCUT2D eigenvalue weighted by molar-refractivity contribution is 6.31. The van der Waals surface area contributed by atoms with Gasteiger partial charge in [0.1, 0.15) is 0 Å². The Morgan fingerprint density at radius 3 is 3.00 bits per heavy atom. The van der Waals surface area contributed by atoms with E-state index in [1.807, 2.05) is 18.2 Å². The van der Waals surface area contributed by atoms with Crippen LogP contribution in [0.2, 0.25) is 5.02 Å². The standard InChI is InChI=1S/C11H15ClN2/c12-11-4-2-1-3-9(11)7-14-10-5-6-13-8-10/h1-4,10,13-14H,5-8H2/t10-/m1/s1. The Morgan fingerprint density at radius 2 is 2.29 bits per heavy atom. The predicted octanol–water partition coefficient (Wildman–Crippen LogP) is 1.79. The van der Waals surface area contributed by atoms with E-state index < -0.39 is 0 Å². The topological polar surface area (TPSA) is 24.1 Å². The number of nitrogens with one attached hydrogen (secondary N) is 2. The molecule has 0 aromatic heterocycles. The number of halogens is 1. The van der Waals surface area contributed by atoms with Gasteiger partial charge in [-0.3, -0.25) is 0 Å². The molecule has 1 aromatic rings. The molecule has 0 unspecified atom stereocenters. The van der Waals surface area contributed by atoms with E-state index in [-0.39, 0.29) is 0 Å². The summed E-state index contributed by atoms with van der Waals surface area (Å²) in [6.07, 6.45) is 1.21. The molecule has 2 rings (SSSR count). The van der Waals surface area contributed by atoms with Gasteiger partial charge in [0.15, 0.2) is 0 Å². The fourth-order valence-electron chi connectivity index (χ4n) is 1.72. The second-order valence-electron chi connectivity index (χ2n) is 3.66. The largest absolute Gasteiger partial charge is 0.315 e. The van der Waals surface area contributed by atoms with Crippen LogP contribution in [0.1, 0.15) is 12.0 Å². The molecule has 3 heteroatoms. The van der Waals surface area contributed by atoms with Gasteiger partial charge in [-0.05, 0) is 24.6 Å². The van der Waals surface area contributed by atoms with E-state index in [2.05, 4.69) is 16.7 Å². The van der Waals surface area contributed by atoms with Gasteiger partial charge in [-0.2, -0.15) is 0 Å². The summed E-state index contributed by atoms with van der Waals surface area (Å²) in [5.74, 6) is 0. The number of hydrogen-bond donors (Lipinski definition) is 2. The smallest absolute Gasteiger partial charge is 0.0450 e. The number of benzene rings is 1. The van der Waals surface area contributed by atoms with Gasteiger partial charge in [0.25, 0.3) is 0 Å². The van der Waals surface area contributed by atoms with Gasteiger partial charge in [0.2, 0.25) is 0 Å². The van der Waals surface area contributed by atoms with Gasteiger partial charge in [-0.25, -0.2) is 0 Å². The van der Waals surface area contributed by atoms with Gasteiger partial charge in [0.05, 0.1) is 0 Å². The van der Waals surface area contributed by atoms with Crippen molar-refractivity contribution in [2.45, 2.75) is 19.0 Å². The first-order valence-electron chi connectivity index (χ1n) is 5.04. The van der Waals surface area contributed by atoms with Crippen LogP contribution in [0.15, 0.2) is 24.3 Å². The number of rotatable bonds is 3. The minimum Gasteiger partial charge on any atom is -0.315 e. The molecule has 2 N–H and O–H groups in total. The Morgan fingerprint density at radius 1 is 1.43 bits per heavy atom. The van der Waals surface area contributed by atoms with Crippen LogP contribution in [0.4, 0.5) is 0 Å². The molecule has 1 atom stereocenters. The van der Waals surface area contributed by atoms with Crippen LogP contribution in [0, 0.1) is 0 Å². The van der Waals surface area contributed by atoms with Crippen molar-refractivity contribution in [2.24, 2.45) is 0 Å². The third-order valence-corrected chi connectivity index (χ3v) is 2.97. The maximum Gasteiger partial charge on any atom is 0.0450 e. The van der Waals surface area contributed by atoms with Gasteiger partial charge in [-0.15, -0.1) is 0 Å². The van der Waals surface area contributed by atoms with Crippen molar-refractivity contribution in [3.63, 3.8) is 0 Å². The molecule has 1 aliphatic rings. The maximum atomic E-state index is 6.05. The van der Waals surface area contributed by atoms with Gasteiger partial charge < -0.3 is 10.6 Å². The molecule has 14 heavy (non-hydrogen) atoms. The summed E-state index contributed by atoms with van der Waals surface area (Å²) in [7, 11) is 0. The normalized spacial score (nSPS) is 21.4. The lowest BCUT2D eigenvalue weighted by atomic mass is 10.2. The van der Waals surface area contributed by atoms with E-state index >= 15 is 0 Å². The van der Waals surface area contributed by atoms with Crippen molar-refractivity contribution < 1.29 is 0 Å². The van der Waals surface area contributed by atoms with Gasteiger partial charge in [0, 0.05) is 24.2 Å². The molecule has 0 aliphatic carbocycles. The first-order chi connectivity index (χ1) is 6.86. The molecule has 0 bridgehead atoms. The van der Waals surface area contributed by atoms with Crippen molar-refractivity contribution in [2.75, 3.05) is 13.1 Å². The van der Waals surface area contributed by atoms with Crippen LogP contribution in [-0.4, -0.2) is 19.1 Å². The third kappa shape index (κ3) is 2.47. The summed E-state index contributed by atoms with van der Waals surface area (Å²) in [6, 6.07) is 8.59. The molecular weight excluding hydrogens is 196 g/mol. The van der Waals surface area contributed by atoms with Crippen molar-refractivity contribution in [3.05, 3.63) is 34.9 Å². The lowest BCUT2D eigenvalue weighted by Crippen LogP contribution is -2.30. The Labute approximate surface area is 89.7 Å². The van der Waals surface area contributed by atoms with E-state index in [1.54, 1.807) is 0 Å². The van der Waals surface area contributed by atoms with E-state index in [4.69, 9.17) is 11.6 Å². The summed E-state index contributed by atoms with van der Waals surface area (Å²) in [6.45, 7) is 3.07. The average Bonchev–Trinajstić information content (AvgIpc) is 2.69. The Bertz CT molecular complexity index is 295. The van der Waals surface area contributed by atoms with E-state index in [1.165, 1.54) is 12.0 Å². The molecule has 1 aliphatic heterocycles. The highest BCUT2D eigenvalue weighted by Crippen LogP contribution is 2.14. The highest BCUT2D eigenvalue weighted by Gasteiger charge is 2.13. The van der Waals surface area contributed by atoms with E-state index in [0.717, 1.165) is 24.7 Å². The summed E-state index contributed by atoms with van der Waals surface area (Å²) in [5, 5.41) is 7.67. The van der Waals surface area contributed by atoms with E-state index in [0.29, 0.717) is 6.04 Å². The van der Waals surface area contributed by atoms with Crippen molar-refractivity contribution >= 4 is 11.6 Å². The second-order valence-corrected chi connectivity index (χ2v) is 4.07. The SMILES string of the molecule is Clc1ccccc1CN[C@@H]1CCNC1. The van der Waals surface area contributed by atoms with Crippen molar-refractivity contribution in [1.82, 2.24) is 10.6 Å². The van der Waals surface area contributed by atoms with E-state index in [9.17, 15) is 0 Å². The van der Waals surface area contributed by atoms with Crippen LogP contribution in [0.5, 0.6) is 0 Å². The van der Waals surface area contributed by atoms with Gasteiger partial charge >= 0.3 is 0 Å². The monoisotopic (exact) mass is 210 g/mol. The first kappa shape index (κ1) is 9.97. The molecule has 0 radical (unpaired) electrons. The molecule has 2 nitrogen and oxygen atoms in total. The molecule has 0 saturated carbocycles. The predicted molar refractivity (Wildman–Crippen MR) is 59.6 cm³/mol. The average molecular weight is 211 g/mol. The Kier molecular flexibility index (Phi) is 3.40. The Balaban J connectivity index is 1.88. The zero-order chi connectivity index (χ0) is 9.80.